The van der Waals surface area contributed by atoms with Crippen molar-refractivity contribution in [3.8, 4) is 5.75 Å². The number of ether oxygens (including phenoxy) is 2. The Kier molecular flexibility index (Phi) is 8.34. The average Bonchev–Trinajstić information content (AvgIpc) is 2.76. The van der Waals surface area contributed by atoms with Crippen LogP contribution in [-0.2, 0) is 17.8 Å². The monoisotopic (exact) mass is 396 g/mol. The van der Waals surface area contributed by atoms with Crippen molar-refractivity contribution in [3.05, 3.63) is 65.2 Å². The summed E-state index contributed by atoms with van der Waals surface area (Å²) in [5, 5.41) is 6.73. The number of morpholine rings is 1. The number of benzene rings is 2. The van der Waals surface area contributed by atoms with Crippen molar-refractivity contribution in [2.75, 3.05) is 46.5 Å². The number of para-hydroxylation sites is 1. The molecular weight excluding hydrogens is 364 g/mol. The lowest BCUT2D eigenvalue weighted by Crippen LogP contribution is -2.39. The molecule has 0 unspecified atom stereocenters. The molecule has 0 atom stereocenters. The zero-order valence-electron chi connectivity index (χ0n) is 17.5. The molecule has 0 amide bonds. The molecule has 0 bridgehead atoms. The standard InChI is InChI=1S/C23H32N4O2/c1-19-7-3-6-10-22(19)29-14-11-25-23(24-2)26-17-20-8-4-5-9-21(20)18-27-12-15-28-16-13-27/h3-10H,11-18H2,1-2H3,(H2,24,25,26). The summed E-state index contributed by atoms with van der Waals surface area (Å²) < 4.78 is 11.3. The van der Waals surface area contributed by atoms with Crippen LogP contribution in [0.15, 0.2) is 53.5 Å². The van der Waals surface area contributed by atoms with E-state index in [4.69, 9.17) is 9.47 Å². The lowest BCUT2D eigenvalue weighted by Gasteiger charge is -2.27. The highest BCUT2D eigenvalue weighted by atomic mass is 16.5. The van der Waals surface area contributed by atoms with Crippen molar-refractivity contribution in [3.63, 3.8) is 0 Å². The molecule has 0 aromatic heterocycles. The summed E-state index contributed by atoms with van der Waals surface area (Å²) in [7, 11) is 1.79. The number of rotatable bonds is 8. The smallest absolute Gasteiger partial charge is 0.191 e. The maximum Gasteiger partial charge on any atom is 0.191 e. The van der Waals surface area contributed by atoms with E-state index < -0.39 is 0 Å². The van der Waals surface area contributed by atoms with Crippen molar-refractivity contribution >= 4 is 5.96 Å². The Morgan fingerprint density at radius 2 is 1.76 bits per heavy atom. The van der Waals surface area contributed by atoms with Gasteiger partial charge in [-0.2, -0.15) is 0 Å². The minimum Gasteiger partial charge on any atom is -0.491 e. The minimum absolute atomic E-state index is 0.583. The molecule has 0 spiro atoms. The summed E-state index contributed by atoms with van der Waals surface area (Å²) in [6.07, 6.45) is 0. The van der Waals surface area contributed by atoms with Crippen molar-refractivity contribution in [1.29, 1.82) is 0 Å². The third kappa shape index (κ3) is 6.76. The van der Waals surface area contributed by atoms with Gasteiger partial charge in [0.15, 0.2) is 5.96 Å². The second-order valence-corrected chi connectivity index (χ2v) is 7.12. The average molecular weight is 397 g/mol. The number of guanidine groups is 1. The van der Waals surface area contributed by atoms with Gasteiger partial charge in [0.2, 0.25) is 0 Å². The molecule has 1 heterocycles. The molecule has 6 nitrogen and oxygen atoms in total. The van der Waals surface area contributed by atoms with Gasteiger partial charge >= 0.3 is 0 Å². The number of hydrogen-bond donors (Lipinski definition) is 2. The van der Waals surface area contributed by atoms with E-state index in [1.165, 1.54) is 11.1 Å². The second kappa shape index (κ2) is 11.4. The van der Waals surface area contributed by atoms with Crippen molar-refractivity contribution in [2.24, 2.45) is 4.99 Å². The molecule has 2 N–H and O–H groups in total. The van der Waals surface area contributed by atoms with Crippen LogP contribution < -0.4 is 15.4 Å². The largest absolute Gasteiger partial charge is 0.491 e. The molecule has 1 aliphatic heterocycles. The van der Waals surface area contributed by atoms with Crippen molar-refractivity contribution in [1.82, 2.24) is 15.5 Å². The normalized spacial score (nSPS) is 15.2. The van der Waals surface area contributed by atoms with Gasteiger partial charge in [-0.3, -0.25) is 9.89 Å². The van der Waals surface area contributed by atoms with Gasteiger partial charge in [-0.1, -0.05) is 42.5 Å². The van der Waals surface area contributed by atoms with Crippen molar-refractivity contribution < 1.29 is 9.47 Å². The Morgan fingerprint density at radius 3 is 2.52 bits per heavy atom. The van der Waals surface area contributed by atoms with E-state index in [0.29, 0.717) is 13.2 Å². The van der Waals surface area contributed by atoms with E-state index in [1.54, 1.807) is 7.05 Å². The first-order valence-corrected chi connectivity index (χ1v) is 10.3. The summed E-state index contributed by atoms with van der Waals surface area (Å²) >= 11 is 0. The molecule has 2 aromatic rings. The van der Waals surface area contributed by atoms with Crippen LogP contribution in [0.2, 0.25) is 0 Å². The van der Waals surface area contributed by atoms with Gasteiger partial charge in [0.05, 0.1) is 19.8 Å². The molecule has 6 heteroatoms. The fourth-order valence-corrected chi connectivity index (χ4v) is 3.33. The van der Waals surface area contributed by atoms with Crippen LogP contribution in [0.1, 0.15) is 16.7 Å². The summed E-state index contributed by atoms with van der Waals surface area (Å²) in [4.78, 5) is 6.77. The van der Waals surface area contributed by atoms with Gasteiger partial charge < -0.3 is 20.1 Å². The number of aliphatic imine (C=N–C) groups is 1. The molecule has 0 saturated carbocycles. The van der Waals surface area contributed by atoms with E-state index in [1.807, 2.05) is 18.2 Å². The second-order valence-electron chi connectivity index (χ2n) is 7.12. The van der Waals surface area contributed by atoms with Crippen LogP contribution in [0.4, 0.5) is 0 Å². The molecule has 1 saturated heterocycles. The first kappa shape index (κ1) is 21.1. The first-order chi connectivity index (χ1) is 14.3. The predicted molar refractivity (Wildman–Crippen MR) is 117 cm³/mol. The number of nitrogens with zero attached hydrogens (tertiary/aromatic N) is 2. The topological polar surface area (TPSA) is 58.1 Å². The van der Waals surface area contributed by atoms with Gasteiger partial charge in [-0.25, -0.2) is 0 Å². The van der Waals surface area contributed by atoms with Gasteiger partial charge in [0, 0.05) is 33.2 Å². The number of hydrogen-bond acceptors (Lipinski definition) is 4. The molecule has 1 fully saturated rings. The fraction of sp³-hybridized carbons (Fsp3) is 0.435. The lowest BCUT2D eigenvalue weighted by atomic mass is 10.1. The van der Waals surface area contributed by atoms with Crippen LogP contribution in [0.3, 0.4) is 0 Å². The summed E-state index contributed by atoms with van der Waals surface area (Å²) in [6, 6.07) is 16.6. The molecule has 1 aliphatic rings. The van der Waals surface area contributed by atoms with E-state index in [9.17, 15) is 0 Å². The Labute approximate surface area is 173 Å². The molecule has 2 aromatic carbocycles. The highest BCUT2D eigenvalue weighted by Gasteiger charge is 2.12. The summed E-state index contributed by atoms with van der Waals surface area (Å²) in [5.41, 5.74) is 3.78. The maximum atomic E-state index is 5.84. The number of aryl methyl sites for hydroxylation is 1. The van der Waals surface area contributed by atoms with E-state index in [0.717, 1.165) is 56.7 Å². The van der Waals surface area contributed by atoms with Crippen LogP contribution in [0, 0.1) is 6.92 Å². The van der Waals surface area contributed by atoms with Gasteiger partial charge in [0.25, 0.3) is 0 Å². The highest BCUT2D eigenvalue weighted by Crippen LogP contribution is 2.15. The molecule has 0 aliphatic carbocycles. The van der Waals surface area contributed by atoms with Gasteiger partial charge in [-0.05, 0) is 29.7 Å². The molecule has 156 valence electrons. The van der Waals surface area contributed by atoms with E-state index in [2.05, 4.69) is 57.8 Å². The number of nitrogens with one attached hydrogen (secondary N) is 2. The Bertz CT molecular complexity index is 788. The lowest BCUT2D eigenvalue weighted by molar-refractivity contribution is 0.0341. The van der Waals surface area contributed by atoms with Crippen LogP contribution in [0.5, 0.6) is 5.75 Å². The predicted octanol–water partition coefficient (Wildman–Crippen LogP) is 2.57. The highest BCUT2D eigenvalue weighted by molar-refractivity contribution is 5.79. The summed E-state index contributed by atoms with van der Waals surface area (Å²) in [6.45, 7) is 8.64. The molecular formula is C23H32N4O2. The third-order valence-electron chi connectivity index (χ3n) is 5.03. The minimum atomic E-state index is 0.583. The van der Waals surface area contributed by atoms with Crippen molar-refractivity contribution in [2.45, 2.75) is 20.0 Å². The zero-order chi connectivity index (χ0) is 20.3. The maximum absolute atomic E-state index is 5.84. The quantitative estimate of drug-likeness (QED) is 0.408. The van der Waals surface area contributed by atoms with Crippen LogP contribution in [0.25, 0.3) is 0 Å². The first-order valence-electron chi connectivity index (χ1n) is 10.3. The van der Waals surface area contributed by atoms with Gasteiger partial charge in [0.1, 0.15) is 12.4 Å². The summed E-state index contributed by atoms with van der Waals surface area (Å²) in [5.74, 6) is 1.70. The van der Waals surface area contributed by atoms with E-state index >= 15 is 0 Å². The van der Waals surface area contributed by atoms with Crippen LogP contribution >= 0.6 is 0 Å². The third-order valence-corrected chi connectivity index (χ3v) is 5.03. The Balaban J connectivity index is 1.45. The Hall–Kier alpha value is -2.57. The van der Waals surface area contributed by atoms with Crippen LogP contribution in [-0.4, -0.2) is 57.4 Å². The zero-order valence-corrected chi connectivity index (χ0v) is 17.5. The van der Waals surface area contributed by atoms with Gasteiger partial charge in [-0.15, -0.1) is 0 Å². The molecule has 0 radical (unpaired) electrons. The molecule has 3 rings (SSSR count). The van der Waals surface area contributed by atoms with E-state index in [-0.39, 0.29) is 0 Å². The molecule has 29 heavy (non-hydrogen) atoms. The Morgan fingerprint density at radius 1 is 1.03 bits per heavy atom. The SMILES string of the molecule is CN=C(NCCOc1ccccc1C)NCc1ccccc1CN1CCOCC1. The fourth-order valence-electron chi connectivity index (χ4n) is 3.33.